The first kappa shape index (κ1) is 19.3. The van der Waals surface area contributed by atoms with Crippen molar-refractivity contribution in [3.8, 4) is 5.88 Å². The fourth-order valence-electron chi connectivity index (χ4n) is 4.25. The Kier molecular flexibility index (Phi) is 4.94. The number of nitrogens with zero attached hydrogens (tertiary/aromatic N) is 3. The highest BCUT2D eigenvalue weighted by molar-refractivity contribution is 5.95. The molecule has 1 aliphatic rings. The van der Waals surface area contributed by atoms with Crippen LogP contribution in [0, 0.1) is 19.8 Å². The van der Waals surface area contributed by atoms with Gasteiger partial charge in [0.05, 0.1) is 5.52 Å². The highest BCUT2D eigenvalue weighted by atomic mass is 16.7. The van der Waals surface area contributed by atoms with Crippen LogP contribution in [0.3, 0.4) is 0 Å². The van der Waals surface area contributed by atoms with Crippen LogP contribution in [0.4, 0.5) is 10.6 Å². The Morgan fingerprint density at radius 2 is 1.97 bits per heavy atom. The van der Waals surface area contributed by atoms with Crippen LogP contribution in [0.25, 0.3) is 10.9 Å². The molecule has 0 bridgehead atoms. The normalized spacial score (nSPS) is 13.8. The second-order valence-electron chi connectivity index (χ2n) is 8.20. The topological polar surface area (TPSA) is 67.6 Å². The average molecular weight is 393 g/mol. The van der Waals surface area contributed by atoms with Crippen molar-refractivity contribution in [1.82, 2.24) is 9.55 Å². The largest absolute Gasteiger partial charge is 0.512 e. The summed E-state index contributed by atoms with van der Waals surface area (Å²) in [6, 6.07) is 10.2. The van der Waals surface area contributed by atoms with Gasteiger partial charge in [0.25, 0.3) is 0 Å². The van der Waals surface area contributed by atoms with E-state index in [1.807, 2.05) is 0 Å². The monoisotopic (exact) mass is 393 g/mol. The van der Waals surface area contributed by atoms with Crippen LogP contribution in [0.15, 0.2) is 30.3 Å². The Labute approximate surface area is 170 Å². The maximum absolute atomic E-state index is 11.2. The predicted molar refractivity (Wildman–Crippen MR) is 114 cm³/mol. The summed E-state index contributed by atoms with van der Waals surface area (Å²) in [7, 11) is 0. The standard InChI is InChI=1S/C23H27N3O3/c1-14(2)12-26-16(4)15(3)19-11-20(29-23(27)28)24-22(21(19)26)25-10-9-17-7-5-6-8-18(17)13-25/h5-8,11,14H,9-10,12-13H2,1-4H3,(H,27,28). The van der Waals surface area contributed by atoms with Crippen molar-refractivity contribution in [1.29, 1.82) is 0 Å². The summed E-state index contributed by atoms with van der Waals surface area (Å²) in [6.45, 7) is 11.1. The van der Waals surface area contributed by atoms with E-state index < -0.39 is 6.16 Å². The van der Waals surface area contributed by atoms with Crippen molar-refractivity contribution in [3.63, 3.8) is 0 Å². The van der Waals surface area contributed by atoms with Crippen LogP contribution in [0.1, 0.15) is 36.2 Å². The molecule has 29 heavy (non-hydrogen) atoms. The molecule has 0 saturated heterocycles. The number of hydrogen-bond donors (Lipinski definition) is 1. The van der Waals surface area contributed by atoms with Gasteiger partial charge in [0, 0.05) is 36.8 Å². The van der Waals surface area contributed by atoms with E-state index in [0.717, 1.165) is 48.3 Å². The number of carboxylic acid groups (broad SMARTS) is 1. The number of aromatic nitrogens is 2. The Morgan fingerprint density at radius 1 is 1.24 bits per heavy atom. The van der Waals surface area contributed by atoms with Gasteiger partial charge >= 0.3 is 6.16 Å². The molecule has 0 fully saturated rings. The third kappa shape index (κ3) is 3.55. The molecule has 0 unspecified atom stereocenters. The molecule has 3 aromatic rings. The van der Waals surface area contributed by atoms with E-state index in [2.05, 4.69) is 66.4 Å². The fourth-order valence-corrected chi connectivity index (χ4v) is 4.25. The Bertz CT molecular complexity index is 1080. The maximum Gasteiger partial charge on any atom is 0.512 e. The van der Waals surface area contributed by atoms with E-state index in [1.54, 1.807) is 6.07 Å². The molecule has 1 aliphatic heterocycles. The molecule has 0 radical (unpaired) electrons. The molecule has 0 amide bonds. The van der Waals surface area contributed by atoms with Gasteiger partial charge < -0.3 is 19.3 Å². The summed E-state index contributed by atoms with van der Waals surface area (Å²) in [6.07, 6.45) is -0.408. The second-order valence-corrected chi connectivity index (χ2v) is 8.20. The van der Waals surface area contributed by atoms with E-state index in [1.165, 1.54) is 16.8 Å². The summed E-state index contributed by atoms with van der Waals surface area (Å²) in [4.78, 5) is 18.1. The van der Waals surface area contributed by atoms with E-state index in [0.29, 0.717) is 5.92 Å². The van der Waals surface area contributed by atoms with Gasteiger partial charge in [-0.05, 0) is 42.9 Å². The minimum Gasteiger partial charge on any atom is -0.449 e. The number of rotatable bonds is 4. The molecule has 0 saturated carbocycles. The first-order chi connectivity index (χ1) is 13.8. The van der Waals surface area contributed by atoms with E-state index >= 15 is 0 Å². The number of benzene rings is 1. The number of aryl methyl sites for hydroxylation is 1. The molecule has 152 valence electrons. The minimum absolute atomic E-state index is 0.128. The smallest absolute Gasteiger partial charge is 0.449 e. The predicted octanol–water partition coefficient (Wildman–Crippen LogP) is 4.93. The zero-order valence-electron chi connectivity index (χ0n) is 17.4. The van der Waals surface area contributed by atoms with Gasteiger partial charge in [-0.15, -0.1) is 0 Å². The van der Waals surface area contributed by atoms with Crippen molar-refractivity contribution < 1.29 is 14.6 Å². The molecule has 1 N–H and O–H groups in total. The number of hydrogen-bond acceptors (Lipinski definition) is 4. The van der Waals surface area contributed by atoms with Crippen molar-refractivity contribution >= 4 is 22.9 Å². The lowest BCUT2D eigenvalue weighted by atomic mass is 10.00. The Morgan fingerprint density at radius 3 is 2.66 bits per heavy atom. The first-order valence-electron chi connectivity index (χ1n) is 10.1. The second kappa shape index (κ2) is 7.43. The van der Waals surface area contributed by atoms with Crippen molar-refractivity contribution in [3.05, 3.63) is 52.7 Å². The molecule has 1 aromatic carbocycles. The SMILES string of the molecule is Cc1c(C)n(CC(C)C)c2c(N3CCc4ccccc4C3)nc(OC(=O)O)cc12. The van der Waals surface area contributed by atoms with Crippen molar-refractivity contribution in [2.75, 3.05) is 11.4 Å². The van der Waals surface area contributed by atoms with Gasteiger partial charge in [-0.2, -0.15) is 4.98 Å². The molecule has 0 aliphatic carbocycles. The lowest BCUT2D eigenvalue weighted by molar-refractivity contribution is 0.142. The van der Waals surface area contributed by atoms with E-state index in [-0.39, 0.29) is 5.88 Å². The summed E-state index contributed by atoms with van der Waals surface area (Å²) in [5.74, 6) is 1.40. The van der Waals surface area contributed by atoms with Crippen LogP contribution in [0.2, 0.25) is 0 Å². The molecule has 2 aromatic heterocycles. The first-order valence-corrected chi connectivity index (χ1v) is 10.1. The molecule has 0 spiro atoms. The number of carbonyl (C=O) groups is 1. The molecule has 6 nitrogen and oxygen atoms in total. The quantitative estimate of drug-likeness (QED) is 0.637. The number of ether oxygens (including phenoxy) is 1. The molecular formula is C23H27N3O3. The van der Waals surface area contributed by atoms with Gasteiger partial charge in [0.15, 0.2) is 5.82 Å². The maximum atomic E-state index is 11.2. The van der Waals surface area contributed by atoms with E-state index in [4.69, 9.17) is 9.84 Å². The van der Waals surface area contributed by atoms with Crippen LogP contribution < -0.4 is 9.64 Å². The Balaban J connectivity index is 1.90. The number of pyridine rings is 1. The number of anilines is 1. The Hall–Kier alpha value is -3.02. The summed E-state index contributed by atoms with van der Waals surface area (Å²) < 4.78 is 7.30. The summed E-state index contributed by atoms with van der Waals surface area (Å²) in [5.41, 5.74) is 6.03. The molecular weight excluding hydrogens is 366 g/mol. The number of fused-ring (bicyclic) bond motifs is 2. The zero-order chi connectivity index (χ0) is 20.7. The van der Waals surface area contributed by atoms with Gasteiger partial charge in [-0.25, -0.2) is 4.79 Å². The zero-order valence-corrected chi connectivity index (χ0v) is 17.4. The summed E-state index contributed by atoms with van der Waals surface area (Å²) in [5, 5.41) is 10.1. The van der Waals surface area contributed by atoms with Gasteiger partial charge in [0.2, 0.25) is 5.88 Å². The molecule has 3 heterocycles. The summed E-state index contributed by atoms with van der Waals surface area (Å²) >= 11 is 0. The highest BCUT2D eigenvalue weighted by Gasteiger charge is 2.25. The van der Waals surface area contributed by atoms with Crippen LogP contribution in [-0.2, 0) is 19.5 Å². The lowest BCUT2D eigenvalue weighted by Crippen LogP contribution is -2.31. The molecule has 0 atom stereocenters. The average Bonchev–Trinajstić information content (AvgIpc) is 2.91. The molecule has 4 rings (SSSR count). The van der Waals surface area contributed by atoms with Gasteiger partial charge in [-0.1, -0.05) is 38.1 Å². The van der Waals surface area contributed by atoms with E-state index in [9.17, 15) is 4.79 Å². The molecule has 6 heteroatoms. The van der Waals surface area contributed by atoms with Crippen molar-refractivity contribution in [2.24, 2.45) is 5.92 Å². The lowest BCUT2D eigenvalue weighted by Gasteiger charge is -2.31. The van der Waals surface area contributed by atoms with Crippen LogP contribution in [0.5, 0.6) is 5.88 Å². The highest BCUT2D eigenvalue weighted by Crippen LogP contribution is 2.37. The third-order valence-electron chi connectivity index (χ3n) is 5.74. The van der Waals surface area contributed by atoms with Crippen LogP contribution in [-0.4, -0.2) is 27.4 Å². The minimum atomic E-state index is -1.34. The van der Waals surface area contributed by atoms with Gasteiger partial charge in [-0.3, -0.25) is 0 Å². The fraction of sp³-hybridized carbons (Fsp3) is 0.391. The van der Waals surface area contributed by atoms with Crippen molar-refractivity contribution in [2.45, 2.75) is 47.2 Å². The van der Waals surface area contributed by atoms with Gasteiger partial charge in [0.1, 0.15) is 0 Å². The van der Waals surface area contributed by atoms with Crippen LogP contribution >= 0.6 is 0 Å². The third-order valence-corrected chi connectivity index (χ3v) is 5.74.